The maximum absolute atomic E-state index is 11.9. The molecule has 108 valence electrons. The molecule has 20 heavy (non-hydrogen) atoms. The van der Waals surface area contributed by atoms with Gasteiger partial charge in [-0.1, -0.05) is 30.3 Å². The molecule has 0 aliphatic heterocycles. The molecule has 0 spiro atoms. The number of rotatable bonds is 3. The van der Waals surface area contributed by atoms with Gasteiger partial charge >= 0.3 is 6.09 Å². The standard InChI is InChI=1S/C16H21NO3/c1-11(18)16(17-14(19)20-15(2,3)4)10-13(16)12-8-6-5-7-9-12/h5-9,13H,10H2,1-4H3,(H,17,19)/t13-,16+/m1/s1. The van der Waals surface area contributed by atoms with Gasteiger partial charge in [-0.05, 0) is 39.7 Å². The summed E-state index contributed by atoms with van der Waals surface area (Å²) in [6.07, 6.45) is 0.0946. The van der Waals surface area contributed by atoms with E-state index in [-0.39, 0.29) is 11.7 Å². The number of benzene rings is 1. The van der Waals surface area contributed by atoms with Crippen LogP contribution < -0.4 is 5.32 Å². The Morgan fingerprint density at radius 3 is 2.35 bits per heavy atom. The van der Waals surface area contributed by atoms with Gasteiger partial charge in [-0.3, -0.25) is 4.79 Å². The van der Waals surface area contributed by atoms with Crippen LogP contribution in [-0.2, 0) is 9.53 Å². The zero-order valence-corrected chi connectivity index (χ0v) is 12.4. The van der Waals surface area contributed by atoms with Crippen LogP contribution in [0.4, 0.5) is 4.79 Å². The van der Waals surface area contributed by atoms with Gasteiger partial charge in [-0.25, -0.2) is 4.79 Å². The summed E-state index contributed by atoms with van der Waals surface area (Å²) < 4.78 is 5.25. The van der Waals surface area contributed by atoms with E-state index in [2.05, 4.69) is 5.32 Å². The largest absolute Gasteiger partial charge is 0.444 e. The van der Waals surface area contributed by atoms with Crippen LogP contribution in [-0.4, -0.2) is 23.0 Å². The number of Topliss-reactive ketones (excluding diaryl/α,β-unsaturated/α-hetero) is 1. The van der Waals surface area contributed by atoms with Crippen molar-refractivity contribution in [1.29, 1.82) is 0 Å². The zero-order valence-electron chi connectivity index (χ0n) is 12.4. The molecule has 4 nitrogen and oxygen atoms in total. The van der Waals surface area contributed by atoms with E-state index in [1.807, 2.05) is 30.3 Å². The lowest BCUT2D eigenvalue weighted by Gasteiger charge is -2.23. The van der Waals surface area contributed by atoms with Gasteiger partial charge in [0.15, 0.2) is 5.78 Å². The van der Waals surface area contributed by atoms with Gasteiger partial charge in [0.05, 0.1) is 0 Å². The van der Waals surface area contributed by atoms with Crippen molar-refractivity contribution < 1.29 is 14.3 Å². The average molecular weight is 275 g/mol. The molecule has 1 aliphatic carbocycles. The Hall–Kier alpha value is -1.84. The van der Waals surface area contributed by atoms with Gasteiger partial charge in [0.1, 0.15) is 11.1 Å². The van der Waals surface area contributed by atoms with E-state index < -0.39 is 17.2 Å². The van der Waals surface area contributed by atoms with Crippen molar-refractivity contribution in [2.24, 2.45) is 0 Å². The molecule has 0 bridgehead atoms. The van der Waals surface area contributed by atoms with Crippen molar-refractivity contribution in [2.75, 3.05) is 0 Å². The second kappa shape index (κ2) is 4.93. The first-order chi connectivity index (χ1) is 9.24. The summed E-state index contributed by atoms with van der Waals surface area (Å²) in [6, 6.07) is 9.76. The van der Waals surface area contributed by atoms with Crippen molar-refractivity contribution in [3.05, 3.63) is 35.9 Å². The molecule has 0 unspecified atom stereocenters. The molecule has 0 radical (unpaired) electrons. The Balaban J connectivity index is 2.11. The molecule has 1 fully saturated rings. The van der Waals surface area contributed by atoms with Gasteiger partial charge in [0, 0.05) is 5.92 Å². The van der Waals surface area contributed by atoms with Crippen LogP contribution in [0.25, 0.3) is 0 Å². The van der Waals surface area contributed by atoms with Crippen LogP contribution in [0.5, 0.6) is 0 Å². The average Bonchev–Trinajstić information content (AvgIpc) is 3.03. The molecule has 2 rings (SSSR count). The second-order valence-corrected chi connectivity index (χ2v) is 6.32. The van der Waals surface area contributed by atoms with E-state index in [1.165, 1.54) is 6.92 Å². The van der Waals surface area contributed by atoms with Crippen LogP contribution >= 0.6 is 0 Å². The summed E-state index contributed by atoms with van der Waals surface area (Å²) in [5, 5.41) is 2.76. The smallest absolute Gasteiger partial charge is 0.408 e. The molecule has 1 N–H and O–H groups in total. The lowest BCUT2D eigenvalue weighted by atomic mass is 10.0. The predicted octanol–water partition coefficient (Wildman–Crippen LogP) is 3.03. The number of ether oxygens (including phenoxy) is 1. The topological polar surface area (TPSA) is 55.4 Å². The third-order valence-electron chi connectivity index (χ3n) is 3.52. The summed E-state index contributed by atoms with van der Waals surface area (Å²) in [6.45, 7) is 6.91. The highest BCUT2D eigenvalue weighted by Gasteiger charge is 2.60. The SMILES string of the molecule is CC(=O)[C@@]1(NC(=O)OC(C)(C)C)C[C@@H]1c1ccccc1. The fourth-order valence-corrected chi connectivity index (χ4v) is 2.45. The Bertz CT molecular complexity index is 518. The normalized spacial score (nSPS) is 24.9. The quantitative estimate of drug-likeness (QED) is 0.922. The van der Waals surface area contributed by atoms with Crippen molar-refractivity contribution in [2.45, 2.75) is 51.2 Å². The monoisotopic (exact) mass is 275 g/mol. The number of alkyl carbamates (subject to hydrolysis) is 1. The van der Waals surface area contributed by atoms with E-state index in [1.54, 1.807) is 20.8 Å². The minimum atomic E-state index is -0.802. The lowest BCUT2D eigenvalue weighted by Crippen LogP contribution is -2.45. The highest BCUT2D eigenvalue weighted by Crippen LogP contribution is 2.52. The molecule has 1 aromatic carbocycles. The fraction of sp³-hybridized carbons (Fsp3) is 0.500. The number of amides is 1. The molecule has 1 saturated carbocycles. The predicted molar refractivity (Wildman–Crippen MR) is 76.6 cm³/mol. The molecule has 2 atom stereocenters. The van der Waals surface area contributed by atoms with Crippen LogP contribution in [0, 0.1) is 0 Å². The zero-order chi connectivity index (χ0) is 15.0. The summed E-state index contributed by atoms with van der Waals surface area (Å²) in [5.41, 5.74) is -0.304. The van der Waals surface area contributed by atoms with Crippen molar-refractivity contribution >= 4 is 11.9 Å². The van der Waals surface area contributed by atoms with E-state index >= 15 is 0 Å². The number of ketones is 1. The number of carbonyl (C=O) groups excluding carboxylic acids is 2. The van der Waals surface area contributed by atoms with Gasteiger partial charge < -0.3 is 10.1 Å². The van der Waals surface area contributed by atoms with Gasteiger partial charge in [0.25, 0.3) is 0 Å². The van der Waals surface area contributed by atoms with Crippen LogP contribution in [0.2, 0.25) is 0 Å². The Kier molecular flexibility index (Phi) is 3.59. The van der Waals surface area contributed by atoms with Gasteiger partial charge in [0.2, 0.25) is 0 Å². The summed E-state index contributed by atoms with van der Waals surface area (Å²) in [7, 11) is 0. The third kappa shape index (κ3) is 3.00. The van der Waals surface area contributed by atoms with Crippen LogP contribution in [0.15, 0.2) is 30.3 Å². The molecule has 0 aromatic heterocycles. The van der Waals surface area contributed by atoms with E-state index in [4.69, 9.17) is 4.74 Å². The van der Waals surface area contributed by atoms with Crippen LogP contribution in [0.3, 0.4) is 0 Å². The Morgan fingerprint density at radius 1 is 1.25 bits per heavy atom. The molecule has 1 amide bonds. The van der Waals surface area contributed by atoms with E-state index in [0.29, 0.717) is 6.42 Å². The van der Waals surface area contributed by atoms with Crippen molar-refractivity contribution in [1.82, 2.24) is 5.32 Å². The lowest BCUT2D eigenvalue weighted by molar-refractivity contribution is -0.120. The molecular weight excluding hydrogens is 254 g/mol. The first-order valence-corrected chi connectivity index (χ1v) is 6.82. The van der Waals surface area contributed by atoms with Gasteiger partial charge in [-0.15, -0.1) is 0 Å². The van der Waals surface area contributed by atoms with E-state index in [0.717, 1.165) is 5.56 Å². The highest BCUT2D eigenvalue weighted by atomic mass is 16.6. The maximum Gasteiger partial charge on any atom is 0.408 e. The third-order valence-corrected chi connectivity index (χ3v) is 3.52. The first kappa shape index (κ1) is 14.6. The Labute approximate surface area is 119 Å². The number of hydrogen-bond acceptors (Lipinski definition) is 3. The van der Waals surface area contributed by atoms with Crippen molar-refractivity contribution in [3.8, 4) is 0 Å². The Morgan fingerprint density at radius 2 is 1.85 bits per heavy atom. The summed E-state index contributed by atoms with van der Waals surface area (Å²) in [4.78, 5) is 23.9. The molecule has 1 aliphatic rings. The fourth-order valence-electron chi connectivity index (χ4n) is 2.45. The van der Waals surface area contributed by atoms with Crippen LogP contribution in [0.1, 0.15) is 45.6 Å². The maximum atomic E-state index is 11.9. The summed E-state index contributed by atoms with van der Waals surface area (Å²) >= 11 is 0. The molecule has 0 saturated heterocycles. The first-order valence-electron chi connectivity index (χ1n) is 6.82. The second-order valence-electron chi connectivity index (χ2n) is 6.32. The van der Waals surface area contributed by atoms with E-state index in [9.17, 15) is 9.59 Å². The number of carbonyl (C=O) groups is 2. The number of nitrogens with one attached hydrogen (secondary N) is 1. The minimum Gasteiger partial charge on any atom is -0.444 e. The molecular formula is C16H21NO3. The summed E-state index contributed by atoms with van der Waals surface area (Å²) in [5.74, 6) is 0.00549. The molecule has 4 heteroatoms. The minimum absolute atomic E-state index is 0.0304. The molecule has 0 heterocycles. The number of hydrogen-bond donors (Lipinski definition) is 1. The highest BCUT2D eigenvalue weighted by molar-refractivity contribution is 5.94. The molecule has 1 aromatic rings. The van der Waals surface area contributed by atoms with Gasteiger partial charge in [-0.2, -0.15) is 0 Å². The van der Waals surface area contributed by atoms with Crippen molar-refractivity contribution in [3.63, 3.8) is 0 Å².